The summed E-state index contributed by atoms with van der Waals surface area (Å²) < 4.78 is 51.1. The summed E-state index contributed by atoms with van der Waals surface area (Å²) >= 11 is 10.3. The fourth-order valence-corrected chi connectivity index (χ4v) is 5.16. The number of rotatable bonds is 9. The Morgan fingerprint density at radius 3 is 2.51 bits per heavy atom. The molecule has 1 fully saturated rings. The molecule has 0 saturated carbocycles. The average Bonchev–Trinajstić information content (AvgIpc) is 3.17. The number of carbonyl (C=O) groups excluding carboxylic acids is 3. The van der Waals surface area contributed by atoms with Gasteiger partial charge in [-0.05, 0) is 66.7 Å². The van der Waals surface area contributed by atoms with Crippen LogP contribution in [0.1, 0.15) is 23.6 Å². The molecule has 4 rings (SSSR count). The van der Waals surface area contributed by atoms with Crippen molar-refractivity contribution in [2.75, 3.05) is 18.5 Å². The van der Waals surface area contributed by atoms with Crippen LogP contribution in [0.5, 0.6) is 11.5 Å². The minimum Gasteiger partial charge on any atom is -0.490 e. The molecule has 1 N–H and O–H groups in total. The van der Waals surface area contributed by atoms with Crippen molar-refractivity contribution in [2.24, 2.45) is 0 Å². The number of nitrogens with zero attached hydrogens (tertiary/aromatic N) is 1. The number of imide groups is 1. The third kappa shape index (κ3) is 7.63. The third-order valence-corrected chi connectivity index (χ3v) is 7.60. The minimum absolute atomic E-state index is 0.0507. The van der Waals surface area contributed by atoms with E-state index in [4.69, 9.17) is 21.1 Å². The number of carbonyl (C=O) groups is 3. The highest BCUT2D eigenvalue weighted by Gasteiger charge is 2.37. The Kier molecular flexibility index (Phi) is 9.67. The molecule has 0 spiro atoms. The van der Waals surface area contributed by atoms with Gasteiger partial charge in [0.15, 0.2) is 11.5 Å². The summed E-state index contributed by atoms with van der Waals surface area (Å²) in [7, 11) is 0. The summed E-state index contributed by atoms with van der Waals surface area (Å²) in [6.45, 7) is 1.65. The lowest BCUT2D eigenvalue weighted by Crippen LogP contribution is -2.36. The van der Waals surface area contributed by atoms with Crippen LogP contribution < -0.4 is 14.8 Å². The van der Waals surface area contributed by atoms with Crippen molar-refractivity contribution >= 4 is 68.1 Å². The van der Waals surface area contributed by atoms with Gasteiger partial charge in [-0.1, -0.05) is 51.8 Å². The van der Waals surface area contributed by atoms with Crippen LogP contribution in [0.2, 0.25) is 5.02 Å². The first kappa shape index (κ1) is 30.5. The zero-order chi connectivity index (χ0) is 29.7. The van der Waals surface area contributed by atoms with E-state index in [0.717, 1.165) is 28.7 Å². The van der Waals surface area contributed by atoms with Gasteiger partial charge in [0.25, 0.3) is 11.1 Å². The number of thioether (sulfide) groups is 1. The molecule has 0 atom stereocenters. The molecule has 214 valence electrons. The number of amides is 3. The average molecular weight is 670 g/mol. The molecule has 13 heteroatoms. The molecule has 0 bridgehead atoms. The van der Waals surface area contributed by atoms with Gasteiger partial charge >= 0.3 is 6.18 Å². The molecule has 3 aromatic rings. The molecule has 3 amide bonds. The molecule has 1 saturated heterocycles. The maximum atomic E-state index is 13.0. The van der Waals surface area contributed by atoms with Gasteiger partial charge in [0.1, 0.15) is 13.2 Å². The fourth-order valence-electron chi connectivity index (χ4n) is 3.71. The lowest BCUT2D eigenvalue weighted by molar-refractivity contribution is -0.137. The van der Waals surface area contributed by atoms with Gasteiger partial charge in [-0.2, -0.15) is 13.2 Å². The van der Waals surface area contributed by atoms with Gasteiger partial charge in [0.2, 0.25) is 5.91 Å². The molecule has 0 unspecified atom stereocenters. The van der Waals surface area contributed by atoms with Crippen LogP contribution in [0.3, 0.4) is 0 Å². The van der Waals surface area contributed by atoms with Gasteiger partial charge in [-0.25, -0.2) is 0 Å². The fraction of sp³-hybridized carbons (Fsp3) is 0.179. The highest BCUT2D eigenvalue weighted by molar-refractivity contribution is 9.10. The highest BCUT2D eigenvalue weighted by atomic mass is 79.9. The summed E-state index contributed by atoms with van der Waals surface area (Å²) in [5.74, 6) is -0.723. The Bertz CT molecular complexity index is 1530. The molecular formula is C28H21BrClF3N2O5S. The number of hydrogen-bond donors (Lipinski definition) is 1. The second kappa shape index (κ2) is 13.0. The van der Waals surface area contributed by atoms with Crippen LogP contribution in [0.25, 0.3) is 6.08 Å². The van der Waals surface area contributed by atoms with E-state index in [0.29, 0.717) is 44.9 Å². The smallest absolute Gasteiger partial charge is 0.416 e. The molecule has 1 aliphatic heterocycles. The number of ether oxygens (including phenoxy) is 2. The van der Waals surface area contributed by atoms with E-state index in [1.165, 1.54) is 12.1 Å². The van der Waals surface area contributed by atoms with E-state index in [9.17, 15) is 27.6 Å². The molecule has 41 heavy (non-hydrogen) atoms. The van der Waals surface area contributed by atoms with Crippen LogP contribution >= 0.6 is 39.3 Å². The second-order valence-corrected chi connectivity index (χ2v) is 10.8. The first-order chi connectivity index (χ1) is 19.5. The zero-order valence-corrected chi connectivity index (χ0v) is 24.4. The Labute approximate surface area is 250 Å². The lowest BCUT2D eigenvalue weighted by Gasteiger charge is -2.15. The lowest BCUT2D eigenvalue weighted by atomic mass is 10.1. The van der Waals surface area contributed by atoms with Gasteiger partial charge in [0, 0.05) is 20.7 Å². The largest absolute Gasteiger partial charge is 0.490 e. The first-order valence-corrected chi connectivity index (χ1v) is 14.0. The summed E-state index contributed by atoms with van der Waals surface area (Å²) in [5, 5.41) is 2.15. The minimum atomic E-state index is -4.59. The Balaban J connectivity index is 1.48. The van der Waals surface area contributed by atoms with E-state index in [1.807, 2.05) is 18.2 Å². The SMILES string of the molecule is CCOc1cc(/C=C2\SC(=O)N(CC(=O)Nc3cccc(C(F)(F)F)c3)C2=O)c(Br)cc1OCc1ccccc1Cl. The number of halogens is 5. The van der Waals surface area contributed by atoms with Crippen molar-refractivity contribution in [3.05, 3.63) is 91.8 Å². The van der Waals surface area contributed by atoms with Gasteiger partial charge in [0.05, 0.1) is 17.1 Å². The second-order valence-electron chi connectivity index (χ2n) is 8.53. The van der Waals surface area contributed by atoms with Crippen molar-refractivity contribution in [2.45, 2.75) is 19.7 Å². The van der Waals surface area contributed by atoms with E-state index in [1.54, 1.807) is 25.1 Å². The summed E-state index contributed by atoms with van der Waals surface area (Å²) in [6, 6.07) is 14.6. The van der Waals surface area contributed by atoms with Crippen molar-refractivity contribution in [1.82, 2.24) is 4.90 Å². The quantitative estimate of drug-likeness (QED) is 0.235. The number of benzene rings is 3. The predicted molar refractivity (Wildman–Crippen MR) is 154 cm³/mol. The molecule has 3 aromatic carbocycles. The maximum absolute atomic E-state index is 13.0. The molecule has 0 aliphatic carbocycles. The summed E-state index contributed by atoms with van der Waals surface area (Å²) in [6.07, 6.45) is -3.12. The van der Waals surface area contributed by atoms with Crippen molar-refractivity contribution in [1.29, 1.82) is 0 Å². The van der Waals surface area contributed by atoms with Crippen LogP contribution in [-0.2, 0) is 22.4 Å². The molecule has 1 heterocycles. The standard InChI is InChI=1S/C28H21BrClF3N2O5S/c1-2-39-22-10-17(20(29)13-23(22)40-15-16-6-3-4-9-21(16)30)11-24-26(37)35(27(38)41-24)14-25(36)34-19-8-5-7-18(12-19)28(31,32)33/h3-13H,2,14-15H2,1H3,(H,34,36)/b24-11-. The topological polar surface area (TPSA) is 84.9 Å². The Morgan fingerprint density at radius 2 is 1.80 bits per heavy atom. The van der Waals surface area contributed by atoms with Crippen LogP contribution in [0.4, 0.5) is 23.7 Å². The normalized spacial score (nSPS) is 14.5. The maximum Gasteiger partial charge on any atom is 0.416 e. The number of anilines is 1. The number of alkyl halides is 3. The monoisotopic (exact) mass is 668 g/mol. The van der Waals surface area contributed by atoms with Gasteiger partial charge in [-0.15, -0.1) is 0 Å². The van der Waals surface area contributed by atoms with E-state index in [2.05, 4.69) is 21.2 Å². The van der Waals surface area contributed by atoms with Gasteiger partial charge < -0.3 is 14.8 Å². The molecule has 0 radical (unpaired) electrons. The van der Waals surface area contributed by atoms with E-state index >= 15 is 0 Å². The van der Waals surface area contributed by atoms with Crippen molar-refractivity contribution in [3.63, 3.8) is 0 Å². The molecule has 0 aromatic heterocycles. The molecular weight excluding hydrogens is 649 g/mol. The van der Waals surface area contributed by atoms with Crippen LogP contribution in [-0.4, -0.2) is 35.1 Å². The van der Waals surface area contributed by atoms with Gasteiger partial charge in [-0.3, -0.25) is 19.3 Å². The van der Waals surface area contributed by atoms with Crippen LogP contribution in [0.15, 0.2) is 70.0 Å². The first-order valence-electron chi connectivity index (χ1n) is 12.0. The van der Waals surface area contributed by atoms with E-state index < -0.39 is 35.3 Å². The van der Waals surface area contributed by atoms with Crippen molar-refractivity contribution < 1.29 is 37.0 Å². The zero-order valence-electron chi connectivity index (χ0n) is 21.3. The molecule has 1 aliphatic rings. The highest BCUT2D eigenvalue weighted by Crippen LogP contribution is 2.39. The predicted octanol–water partition coefficient (Wildman–Crippen LogP) is 7.77. The molecule has 7 nitrogen and oxygen atoms in total. The van der Waals surface area contributed by atoms with Crippen LogP contribution in [0, 0.1) is 0 Å². The number of nitrogens with one attached hydrogen (secondary N) is 1. The van der Waals surface area contributed by atoms with Crippen molar-refractivity contribution in [3.8, 4) is 11.5 Å². The Morgan fingerprint density at radius 1 is 1.07 bits per heavy atom. The van der Waals surface area contributed by atoms with E-state index in [-0.39, 0.29) is 17.2 Å². The third-order valence-electron chi connectivity index (χ3n) is 5.64. The Hall–Kier alpha value is -3.48. The summed E-state index contributed by atoms with van der Waals surface area (Å²) in [5.41, 5.74) is 0.235. The summed E-state index contributed by atoms with van der Waals surface area (Å²) in [4.78, 5) is 38.8. The number of hydrogen-bond acceptors (Lipinski definition) is 6.